The van der Waals surface area contributed by atoms with Crippen LogP contribution in [-0.4, -0.2) is 33.4 Å². The highest BCUT2D eigenvalue weighted by Gasteiger charge is 2.07. The quantitative estimate of drug-likeness (QED) is 0.720. The van der Waals surface area contributed by atoms with Crippen molar-refractivity contribution in [1.82, 2.24) is 9.78 Å². The maximum absolute atomic E-state index is 11.0. The molecule has 0 amide bonds. The number of hydrogen-bond acceptors (Lipinski definition) is 4. The molecule has 0 atom stereocenters. The Morgan fingerprint density at radius 3 is 2.87 bits per heavy atom. The third-order valence-electron chi connectivity index (χ3n) is 1.71. The van der Waals surface area contributed by atoms with Gasteiger partial charge in [0.1, 0.15) is 0 Å². The number of ether oxygens (including phenoxy) is 1. The number of carboxylic acids is 1. The number of esters is 1. The van der Waals surface area contributed by atoms with Crippen molar-refractivity contribution >= 4 is 11.9 Å². The maximum atomic E-state index is 11.0. The van der Waals surface area contributed by atoms with E-state index in [1.165, 1.54) is 16.9 Å². The molecule has 0 unspecified atom stereocenters. The summed E-state index contributed by atoms with van der Waals surface area (Å²) < 4.78 is 6.12. The monoisotopic (exact) mass is 212 g/mol. The van der Waals surface area contributed by atoms with Crippen molar-refractivity contribution in [3.8, 4) is 0 Å². The molecular formula is C9H12N2O4. The van der Waals surface area contributed by atoms with Crippen LogP contribution < -0.4 is 0 Å². The minimum absolute atomic E-state index is 0.0288. The molecule has 1 aromatic rings. The zero-order chi connectivity index (χ0) is 11.3. The fraction of sp³-hybridized carbons (Fsp3) is 0.444. The van der Waals surface area contributed by atoms with Crippen LogP contribution in [0, 0.1) is 0 Å². The van der Waals surface area contributed by atoms with Crippen LogP contribution in [0.25, 0.3) is 0 Å². The van der Waals surface area contributed by atoms with E-state index in [4.69, 9.17) is 9.84 Å². The minimum atomic E-state index is -1.08. The van der Waals surface area contributed by atoms with Gasteiger partial charge in [0.15, 0.2) is 5.69 Å². The second-order valence-corrected chi connectivity index (χ2v) is 2.82. The van der Waals surface area contributed by atoms with Gasteiger partial charge in [0, 0.05) is 6.20 Å². The molecule has 1 N–H and O–H groups in total. The van der Waals surface area contributed by atoms with E-state index in [1.54, 1.807) is 6.92 Å². The van der Waals surface area contributed by atoms with Crippen molar-refractivity contribution in [2.45, 2.75) is 19.9 Å². The number of hydrogen-bond donors (Lipinski definition) is 1. The molecule has 0 radical (unpaired) electrons. The predicted octanol–water partition coefficient (Wildman–Crippen LogP) is 0.534. The highest BCUT2D eigenvalue weighted by Crippen LogP contribution is 1.97. The van der Waals surface area contributed by atoms with E-state index in [0.717, 1.165) is 0 Å². The van der Waals surface area contributed by atoms with E-state index >= 15 is 0 Å². The Morgan fingerprint density at radius 1 is 1.60 bits per heavy atom. The fourth-order valence-corrected chi connectivity index (χ4v) is 1.04. The summed E-state index contributed by atoms with van der Waals surface area (Å²) in [6.45, 7) is 2.40. The Bertz CT molecular complexity index is 359. The van der Waals surface area contributed by atoms with E-state index in [-0.39, 0.29) is 18.1 Å². The second kappa shape index (κ2) is 5.14. The van der Waals surface area contributed by atoms with Gasteiger partial charge in [-0.3, -0.25) is 9.48 Å². The first-order chi connectivity index (χ1) is 7.13. The first kappa shape index (κ1) is 11.2. The topological polar surface area (TPSA) is 81.4 Å². The van der Waals surface area contributed by atoms with Crippen LogP contribution in [0.5, 0.6) is 0 Å². The van der Waals surface area contributed by atoms with E-state index < -0.39 is 5.97 Å². The fourth-order valence-electron chi connectivity index (χ4n) is 1.04. The van der Waals surface area contributed by atoms with Gasteiger partial charge in [-0.2, -0.15) is 5.10 Å². The lowest BCUT2D eigenvalue weighted by atomic mass is 10.4. The van der Waals surface area contributed by atoms with E-state index in [1.807, 2.05) is 0 Å². The van der Waals surface area contributed by atoms with Crippen molar-refractivity contribution in [2.24, 2.45) is 0 Å². The lowest BCUT2D eigenvalue weighted by Crippen LogP contribution is -2.10. The predicted molar refractivity (Wildman–Crippen MR) is 50.4 cm³/mol. The molecule has 1 heterocycles. The molecule has 0 bridgehead atoms. The molecule has 6 heteroatoms. The van der Waals surface area contributed by atoms with Crippen molar-refractivity contribution in [2.75, 3.05) is 6.61 Å². The highest BCUT2D eigenvalue weighted by atomic mass is 16.5. The van der Waals surface area contributed by atoms with E-state index in [9.17, 15) is 9.59 Å². The Morgan fingerprint density at radius 2 is 2.33 bits per heavy atom. The van der Waals surface area contributed by atoms with Crippen molar-refractivity contribution in [1.29, 1.82) is 0 Å². The Hall–Kier alpha value is -1.85. The summed E-state index contributed by atoms with van der Waals surface area (Å²) in [4.78, 5) is 21.5. The Labute approximate surface area is 86.5 Å². The van der Waals surface area contributed by atoms with Gasteiger partial charge in [-0.15, -0.1) is 0 Å². The summed E-state index contributed by atoms with van der Waals surface area (Å²) in [6, 6.07) is 1.38. The lowest BCUT2D eigenvalue weighted by Gasteiger charge is -2.01. The molecule has 1 aromatic heterocycles. The van der Waals surface area contributed by atoms with Crippen LogP contribution >= 0.6 is 0 Å². The Kier molecular flexibility index (Phi) is 3.84. The summed E-state index contributed by atoms with van der Waals surface area (Å²) in [5.74, 6) is -1.39. The van der Waals surface area contributed by atoms with Crippen LogP contribution in [0.15, 0.2) is 12.3 Å². The largest absolute Gasteiger partial charge is 0.476 e. The molecule has 0 aromatic carbocycles. The van der Waals surface area contributed by atoms with Gasteiger partial charge in [0.25, 0.3) is 0 Å². The van der Waals surface area contributed by atoms with Gasteiger partial charge < -0.3 is 9.84 Å². The normalized spacial score (nSPS) is 9.93. The molecule has 0 saturated heterocycles. The summed E-state index contributed by atoms with van der Waals surface area (Å²) in [7, 11) is 0. The molecule has 0 aliphatic heterocycles. The molecular weight excluding hydrogens is 200 g/mol. The standard InChI is InChI=1S/C9H12N2O4/c1-2-15-8(12)4-6-11-5-3-7(10-11)9(13)14/h3,5H,2,4,6H2,1H3,(H,13,14). The number of aryl methyl sites for hydroxylation is 1. The number of aromatic carboxylic acids is 1. The average molecular weight is 212 g/mol. The molecule has 0 saturated carbocycles. The summed E-state index contributed by atoms with van der Waals surface area (Å²) in [5.41, 5.74) is -0.0288. The van der Waals surface area contributed by atoms with Crippen LogP contribution in [0.3, 0.4) is 0 Å². The van der Waals surface area contributed by atoms with Crippen LogP contribution in [0.1, 0.15) is 23.8 Å². The van der Waals surface area contributed by atoms with Gasteiger partial charge in [-0.05, 0) is 13.0 Å². The van der Waals surface area contributed by atoms with Crippen LogP contribution in [-0.2, 0) is 16.1 Å². The second-order valence-electron chi connectivity index (χ2n) is 2.82. The van der Waals surface area contributed by atoms with Gasteiger partial charge in [-0.25, -0.2) is 4.79 Å². The zero-order valence-corrected chi connectivity index (χ0v) is 8.34. The maximum Gasteiger partial charge on any atom is 0.356 e. The molecule has 0 fully saturated rings. The summed E-state index contributed by atoms with van der Waals surface area (Å²) in [5, 5.41) is 12.3. The number of carboxylic acid groups (broad SMARTS) is 1. The molecule has 82 valence electrons. The number of rotatable bonds is 5. The number of carbonyl (C=O) groups excluding carboxylic acids is 1. The van der Waals surface area contributed by atoms with E-state index in [0.29, 0.717) is 13.2 Å². The molecule has 0 aliphatic rings. The first-order valence-corrected chi connectivity index (χ1v) is 4.56. The molecule has 15 heavy (non-hydrogen) atoms. The third-order valence-corrected chi connectivity index (χ3v) is 1.71. The average Bonchev–Trinajstić information content (AvgIpc) is 2.63. The number of nitrogens with zero attached hydrogens (tertiary/aromatic N) is 2. The van der Waals surface area contributed by atoms with Crippen molar-refractivity contribution in [3.05, 3.63) is 18.0 Å². The van der Waals surface area contributed by atoms with Gasteiger partial charge >= 0.3 is 11.9 Å². The molecule has 6 nitrogen and oxygen atoms in total. The van der Waals surface area contributed by atoms with E-state index in [2.05, 4.69) is 5.10 Å². The zero-order valence-electron chi connectivity index (χ0n) is 8.34. The lowest BCUT2D eigenvalue weighted by molar-refractivity contribution is -0.143. The molecule has 0 aliphatic carbocycles. The van der Waals surface area contributed by atoms with Crippen molar-refractivity contribution < 1.29 is 19.4 Å². The number of aromatic nitrogens is 2. The third kappa shape index (κ3) is 3.41. The molecule has 1 rings (SSSR count). The van der Waals surface area contributed by atoms with Crippen LogP contribution in [0.2, 0.25) is 0 Å². The minimum Gasteiger partial charge on any atom is -0.476 e. The Balaban J connectivity index is 2.44. The smallest absolute Gasteiger partial charge is 0.356 e. The van der Waals surface area contributed by atoms with Gasteiger partial charge in [-0.1, -0.05) is 0 Å². The van der Waals surface area contributed by atoms with Crippen molar-refractivity contribution in [3.63, 3.8) is 0 Å². The summed E-state index contributed by atoms with van der Waals surface area (Å²) in [6.07, 6.45) is 1.71. The first-order valence-electron chi connectivity index (χ1n) is 4.56. The molecule has 0 spiro atoms. The SMILES string of the molecule is CCOC(=O)CCn1ccc(C(=O)O)n1. The highest BCUT2D eigenvalue weighted by molar-refractivity contribution is 5.85. The van der Waals surface area contributed by atoms with Gasteiger partial charge in [0.05, 0.1) is 19.6 Å². The van der Waals surface area contributed by atoms with Crippen LogP contribution in [0.4, 0.5) is 0 Å². The number of carbonyl (C=O) groups is 2. The van der Waals surface area contributed by atoms with Gasteiger partial charge in [0.2, 0.25) is 0 Å². The summed E-state index contributed by atoms with van der Waals surface area (Å²) >= 11 is 0.